The molecule has 1 aliphatic carbocycles. The largest absolute Gasteiger partial charge is 0.381 e. The minimum absolute atomic E-state index is 0.256. The van der Waals surface area contributed by atoms with Crippen LogP contribution in [0.2, 0.25) is 0 Å². The first-order valence-electron chi connectivity index (χ1n) is 5.40. The van der Waals surface area contributed by atoms with Gasteiger partial charge in [-0.15, -0.1) is 0 Å². The van der Waals surface area contributed by atoms with Crippen LogP contribution >= 0.6 is 0 Å². The maximum absolute atomic E-state index is 10.6. The minimum Gasteiger partial charge on any atom is -0.381 e. The molecule has 0 bridgehead atoms. The van der Waals surface area contributed by atoms with Gasteiger partial charge in [-0.05, 0) is 32.3 Å². The molecule has 1 aliphatic rings. The van der Waals surface area contributed by atoms with Gasteiger partial charge in [0.1, 0.15) is 6.10 Å². The van der Waals surface area contributed by atoms with E-state index in [1.54, 1.807) is 6.92 Å². The Morgan fingerprint density at radius 3 is 2.53 bits per heavy atom. The van der Waals surface area contributed by atoms with Gasteiger partial charge in [-0.25, -0.2) is 0 Å². The van der Waals surface area contributed by atoms with Crippen LogP contribution in [0.25, 0.3) is 0 Å². The van der Waals surface area contributed by atoms with Crippen molar-refractivity contribution in [2.45, 2.75) is 52.2 Å². The molecule has 15 heavy (non-hydrogen) atoms. The van der Waals surface area contributed by atoms with E-state index < -0.39 is 11.7 Å². The molecule has 0 aromatic heterocycles. The summed E-state index contributed by atoms with van der Waals surface area (Å²) in [7, 11) is 0. The van der Waals surface area contributed by atoms with Crippen molar-refractivity contribution < 1.29 is 10.2 Å². The maximum atomic E-state index is 10.6. The van der Waals surface area contributed by atoms with Crippen molar-refractivity contribution in [2.75, 3.05) is 0 Å². The Morgan fingerprint density at radius 1 is 1.47 bits per heavy atom. The molecule has 2 atom stereocenters. The molecule has 84 valence electrons. The Morgan fingerprint density at radius 2 is 2.07 bits per heavy atom. The molecule has 2 nitrogen and oxygen atoms in total. The van der Waals surface area contributed by atoms with E-state index in [0.29, 0.717) is 0 Å². The number of hydrogen-bond acceptors (Lipinski definition) is 2. The standard InChI is InChI=1S/C13H20O2/c1-10-6-5-8-12(3,4)13(10,15)9-7-11(2)14/h6,11,14-15H,5,8H2,1-4H3. The molecule has 2 heteroatoms. The minimum atomic E-state index is -1.09. The van der Waals surface area contributed by atoms with Gasteiger partial charge >= 0.3 is 0 Å². The second-order valence-corrected chi connectivity index (χ2v) is 4.97. The van der Waals surface area contributed by atoms with Crippen molar-refractivity contribution in [1.82, 2.24) is 0 Å². The first kappa shape index (κ1) is 12.3. The van der Waals surface area contributed by atoms with Crippen LogP contribution in [0.4, 0.5) is 0 Å². The lowest BCUT2D eigenvalue weighted by Gasteiger charge is -2.42. The average Bonchev–Trinajstić information content (AvgIpc) is 2.11. The van der Waals surface area contributed by atoms with E-state index in [-0.39, 0.29) is 5.41 Å². The molecule has 0 aliphatic heterocycles. The Balaban J connectivity index is 3.12. The Kier molecular flexibility index (Phi) is 3.28. The Bertz CT molecular complexity index is 328. The summed E-state index contributed by atoms with van der Waals surface area (Å²) in [5, 5.41) is 19.7. The lowest BCUT2D eigenvalue weighted by Crippen LogP contribution is -2.46. The molecular formula is C13H20O2. The van der Waals surface area contributed by atoms with Gasteiger partial charge in [-0.3, -0.25) is 0 Å². The van der Waals surface area contributed by atoms with E-state index in [0.717, 1.165) is 18.4 Å². The Labute approximate surface area is 92.0 Å². The number of allylic oxidation sites excluding steroid dienone is 1. The molecule has 0 saturated carbocycles. The molecule has 2 unspecified atom stereocenters. The van der Waals surface area contributed by atoms with Gasteiger partial charge in [0.05, 0.1) is 0 Å². The highest BCUT2D eigenvalue weighted by molar-refractivity contribution is 5.36. The summed E-state index contributed by atoms with van der Waals surface area (Å²) in [4.78, 5) is 0. The van der Waals surface area contributed by atoms with Crippen molar-refractivity contribution in [2.24, 2.45) is 5.41 Å². The van der Waals surface area contributed by atoms with Gasteiger partial charge in [-0.2, -0.15) is 0 Å². The van der Waals surface area contributed by atoms with Gasteiger partial charge in [0.2, 0.25) is 0 Å². The second kappa shape index (κ2) is 4.00. The molecule has 0 fully saturated rings. The Hall–Kier alpha value is -0.780. The van der Waals surface area contributed by atoms with E-state index in [9.17, 15) is 5.11 Å². The number of rotatable bonds is 0. The topological polar surface area (TPSA) is 40.5 Å². The normalized spacial score (nSPS) is 31.2. The molecule has 2 N–H and O–H groups in total. The molecule has 1 rings (SSSR count). The lowest BCUT2D eigenvalue weighted by molar-refractivity contribution is 0.00459. The second-order valence-electron chi connectivity index (χ2n) is 4.97. The molecule has 0 radical (unpaired) electrons. The molecule has 0 aromatic rings. The molecule has 0 saturated heterocycles. The number of hydrogen-bond donors (Lipinski definition) is 2. The van der Waals surface area contributed by atoms with E-state index in [1.165, 1.54) is 0 Å². The van der Waals surface area contributed by atoms with Gasteiger partial charge < -0.3 is 10.2 Å². The number of aliphatic hydroxyl groups excluding tert-OH is 1. The zero-order valence-corrected chi connectivity index (χ0v) is 9.96. The van der Waals surface area contributed by atoms with E-state index >= 15 is 0 Å². The van der Waals surface area contributed by atoms with Crippen molar-refractivity contribution in [3.63, 3.8) is 0 Å². The van der Waals surface area contributed by atoms with Crippen LogP contribution < -0.4 is 0 Å². The predicted octanol–water partition coefficient (Wildman–Crippen LogP) is 1.87. The zero-order chi connectivity index (χ0) is 11.7. The van der Waals surface area contributed by atoms with Gasteiger partial charge in [0.15, 0.2) is 5.60 Å². The smallest absolute Gasteiger partial charge is 0.151 e. The van der Waals surface area contributed by atoms with Crippen LogP contribution in [-0.2, 0) is 0 Å². The first-order chi connectivity index (χ1) is 6.79. The fourth-order valence-corrected chi connectivity index (χ4v) is 1.99. The average molecular weight is 208 g/mol. The monoisotopic (exact) mass is 208 g/mol. The number of aliphatic hydroxyl groups is 2. The molecule has 0 heterocycles. The summed E-state index contributed by atoms with van der Waals surface area (Å²) in [6, 6.07) is 0. The first-order valence-corrected chi connectivity index (χ1v) is 5.40. The fourth-order valence-electron chi connectivity index (χ4n) is 1.99. The molecule has 0 amide bonds. The van der Waals surface area contributed by atoms with Gasteiger partial charge in [0, 0.05) is 5.41 Å². The third-order valence-corrected chi connectivity index (χ3v) is 3.23. The fraction of sp³-hybridized carbons (Fsp3) is 0.692. The highest BCUT2D eigenvalue weighted by Crippen LogP contribution is 2.43. The van der Waals surface area contributed by atoms with E-state index in [4.69, 9.17) is 5.11 Å². The summed E-state index contributed by atoms with van der Waals surface area (Å²) in [5.41, 5.74) is -0.456. The van der Waals surface area contributed by atoms with Crippen molar-refractivity contribution >= 4 is 0 Å². The third-order valence-electron chi connectivity index (χ3n) is 3.23. The molecule has 0 aromatic carbocycles. The summed E-state index contributed by atoms with van der Waals surface area (Å²) < 4.78 is 0. The summed E-state index contributed by atoms with van der Waals surface area (Å²) in [6.45, 7) is 7.53. The highest BCUT2D eigenvalue weighted by atomic mass is 16.3. The van der Waals surface area contributed by atoms with Crippen molar-refractivity contribution in [3.05, 3.63) is 11.6 Å². The van der Waals surface area contributed by atoms with Crippen LogP contribution in [0, 0.1) is 17.3 Å². The lowest BCUT2D eigenvalue weighted by atomic mass is 9.65. The van der Waals surface area contributed by atoms with Crippen LogP contribution in [0.15, 0.2) is 11.6 Å². The highest BCUT2D eigenvalue weighted by Gasteiger charge is 2.45. The van der Waals surface area contributed by atoms with Crippen molar-refractivity contribution in [1.29, 1.82) is 0 Å². The maximum Gasteiger partial charge on any atom is 0.151 e. The SMILES string of the molecule is CC1=CCCC(C)(C)C1(O)C#CC(C)O. The molecule has 0 spiro atoms. The van der Waals surface area contributed by atoms with Gasteiger partial charge in [-0.1, -0.05) is 31.8 Å². The third kappa shape index (κ3) is 2.25. The van der Waals surface area contributed by atoms with Crippen LogP contribution in [0.1, 0.15) is 40.5 Å². The van der Waals surface area contributed by atoms with Crippen LogP contribution in [-0.4, -0.2) is 21.9 Å². The summed E-state index contributed by atoms with van der Waals surface area (Å²) in [6.07, 6.45) is 3.23. The van der Waals surface area contributed by atoms with E-state index in [1.807, 2.05) is 26.8 Å². The molecular weight excluding hydrogens is 188 g/mol. The zero-order valence-electron chi connectivity index (χ0n) is 9.96. The van der Waals surface area contributed by atoms with Crippen molar-refractivity contribution in [3.8, 4) is 11.8 Å². The van der Waals surface area contributed by atoms with Crippen LogP contribution in [0.5, 0.6) is 0 Å². The summed E-state index contributed by atoms with van der Waals surface area (Å²) in [5.74, 6) is 5.48. The van der Waals surface area contributed by atoms with Crippen LogP contribution in [0.3, 0.4) is 0 Å². The predicted molar refractivity (Wildman–Crippen MR) is 61.2 cm³/mol. The van der Waals surface area contributed by atoms with E-state index in [2.05, 4.69) is 11.8 Å². The summed E-state index contributed by atoms with van der Waals surface area (Å²) >= 11 is 0. The van der Waals surface area contributed by atoms with Gasteiger partial charge in [0.25, 0.3) is 0 Å². The quantitative estimate of drug-likeness (QED) is 0.471.